The molecule has 1 amide bonds. The Balaban J connectivity index is 2.01. The van der Waals surface area contributed by atoms with Crippen molar-refractivity contribution < 1.29 is 26.7 Å². The van der Waals surface area contributed by atoms with Crippen molar-refractivity contribution in [2.24, 2.45) is 0 Å². The summed E-state index contributed by atoms with van der Waals surface area (Å²) in [5, 5.41) is 3.45. The molecule has 0 N–H and O–H groups in total. The lowest BCUT2D eigenvalue weighted by Gasteiger charge is -2.22. The van der Waals surface area contributed by atoms with Crippen molar-refractivity contribution in [3.05, 3.63) is 18.0 Å². The summed E-state index contributed by atoms with van der Waals surface area (Å²) in [5.41, 5.74) is -0.987. The average molecular weight is 339 g/mol. The standard InChI is InChI=1S/C11H15F3N4O3S/c12-11(13,14)9-6-15-18(7-9)10(19)17-3-1-2-16(4-5-17)8-22(20)21/h6-7H,1-5,8H2,(H,20,21)/p-1. The van der Waals surface area contributed by atoms with Crippen LogP contribution in [0.15, 0.2) is 12.4 Å². The Morgan fingerprint density at radius 3 is 2.64 bits per heavy atom. The average Bonchev–Trinajstić information content (AvgIpc) is 2.80. The van der Waals surface area contributed by atoms with Crippen LogP contribution in [0.2, 0.25) is 0 Å². The van der Waals surface area contributed by atoms with E-state index < -0.39 is 28.9 Å². The summed E-state index contributed by atoms with van der Waals surface area (Å²) in [6.07, 6.45) is -2.76. The lowest BCUT2D eigenvalue weighted by molar-refractivity contribution is -0.137. The molecule has 1 aromatic rings. The second-order valence-corrected chi connectivity index (χ2v) is 5.71. The van der Waals surface area contributed by atoms with Crippen LogP contribution in [0.1, 0.15) is 12.0 Å². The van der Waals surface area contributed by atoms with E-state index in [1.54, 1.807) is 4.90 Å². The van der Waals surface area contributed by atoms with Crippen LogP contribution in [0.25, 0.3) is 0 Å². The number of amides is 1. The molecule has 1 aromatic heterocycles. The Labute approximate surface area is 127 Å². The van der Waals surface area contributed by atoms with Crippen molar-refractivity contribution >= 4 is 17.1 Å². The van der Waals surface area contributed by atoms with E-state index in [1.165, 1.54) is 4.90 Å². The first kappa shape index (κ1) is 16.9. The number of hydrogen-bond donors (Lipinski definition) is 0. The van der Waals surface area contributed by atoms with Crippen molar-refractivity contribution in [1.82, 2.24) is 19.6 Å². The zero-order valence-electron chi connectivity index (χ0n) is 11.5. The van der Waals surface area contributed by atoms with Gasteiger partial charge in [0.2, 0.25) is 0 Å². The fourth-order valence-electron chi connectivity index (χ4n) is 2.16. The number of alkyl halides is 3. The molecular formula is C11H14F3N4O3S-. The minimum atomic E-state index is -4.55. The molecule has 1 aliphatic rings. The van der Waals surface area contributed by atoms with Crippen molar-refractivity contribution in [1.29, 1.82) is 0 Å². The number of hydrogen-bond acceptors (Lipinski definition) is 5. The fraction of sp³-hybridized carbons (Fsp3) is 0.636. The van der Waals surface area contributed by atoms with Gasteiger partial charge in [-0.3, -0.25) is 9.11 Å². The molecule has 0 aliphatic carbocycles. The SMILES string of the molecule is O=C(N1CCCN(CS(=O)[O-])CC1)n1cc(C(F)(F)F)cn1. The van der Waals surface area contributed by atoms with Crippen LogP contribution in [0.3, 0.4) is 0 Å². The van der Waals surface area contributed by atoms with Crippen LogP contribution < -0.4 is 0 Å². The zero-order valence-corrected chi connectivity index (χ0v) is 12.3. The molecule has 1 unspecified atom stereocenters. The molecule has 0 aromatic carbocycles. The molecule has 0 bridgehead atoms. The van der Waals surface area contributed by atoms with Gasteiger partial charge in [-0.05, 0) is 17.5 Å². The van der Waals surface area contributed by atoms with Gasteiger partial charge in [0.05, 0.1) is 17.6 Å². The summed E-state index contributed by atoms with van der Waals surface area (Å²) in [5.74, 6) is -0.123. The highest BCUT2D eigenvalue weighted by molar-refractivity contribution is 7.79. The first-order valence-corrected chi connectivity index (χ1v) is 7.71. The van der Waals surface area contributed by atoms with Gasteiger partial charge in [-0.15, -0.1) is 0 Å². The molecule has 22 heavy (non-hydrogen) atoms. The quantitative estimate of drug-likeness (QED) is 0.742. The summed E-state index contributed by atoms with van der Waals surface area (Å²) < 4.78 is 59.5. The van der Waals surface area contributed by atoms with E-state index in [4.69, 9.17) is 0 Å². The van der Waals surface area contributed by atoms with Crippen molar-refractivity contribution in [2.75, 3.05) is 32.1 Å². The van der Waals surface area contributed by atoms with Crippen LogP contribution in [0.5, 0.6) is 0 Å². The van der Waals surface area contributed by atoms with E-state index in [0.717, 1.165) is 0 Å². The van der Waals surface area contributed by atoms with Gasteiger partial charge in [0, 0.05) is 32.4 Å². The third kappa shape index (κ3) is 4.27. The van der Waals surface area contributed by atoms with Gasteiger partial charge in [0.15, 0.2) is 0 Å². The maximum absolute atomic E-state index is 12.5. The molecule has 2 heterocycles. The largest absolute Gasteiger partial charge is 0.771 e. The van der Waals surface area contributed by atoms with Crippen molar-refractivity contribution in [3.8, 4) is 0 Å². The molecular weight excluding hydrogens is 325 g/mol. The molecule has 0 saturated carbocycles. The van der Waals surface area contributed by atoms with Crippen molar-refractivity contribution in [3.63, 3.8) is 0 Å². The Bertz CT molecular complexity index is 563. The normalized spacial score (nSPS) is 19.0. The third-order valence-electron chi connectivity index (χ3n) is 3.25. The van der Waals surface area contributed by atoms with Gasteiger partial charge >= 0.3 is 12.2 Å². The molecule has 1 fully saturated rings. The van der Waals surface area contributed by atoms with Gasteiger partial charge in [-0.2, -0.15) is 23.0 Å². The topological polar surface area (TPSA) is 81.5 Å². The van der Waals surface area contributed by atoms with Crippen LogP contribution in [-0.2, 0) is 17.3 Å². The molecule has 1 atom stereocenters. The number of carbonyl (C=O) groups excluding carboxylic acids is 1. The van der Waals surface area contributed by atoms with Crippen LogP contribution >= 0.6 is 0 Å². The summed E-state index contributed by atoms with van der Waals surface area (Å²) in [7, 11) is 0. The van der Waals surface area contributed by atoms with E-state index in [0.29, 0.717) is 43.1 Å². The third-order valence-corrected chi connectivity index (χ3v) is 3.83. The van der Waals surface area contributed by atoms with Gasteiger partial charge in [-0.1, -0.05) is 0 Å². The van der Waals surface area contributed by atoms with Crippen LogP contribution in [0.4, 0.5) is 18.0 Å². The maximum Gasteiger partial charge on any atom is 0.419 e. The van der Waals surface area contributed by atoms with Gasteiger partial charge < -0.3 is 9.45 Å². The highest BCUT2D eigenvalue weighted by Gasteiger charge is 2.33. The monoisotopic (exact) mass is 339 g/mol. The number of halogens is 3. The predicted octanol–water partition coefficient (Wildman–Crippen LogP) is 0.714. The minimum Gasteiger partial charge on any atom is -0.771 e. The Morgan fingerprint density at radius 2 is 2.05 bits per heavy atom. The Kier molecular flexibility index (Phi) is 5.19. The molecule has 0 spiro atoms. The smallest absolute Gasteiger partial charge is 0.419 e. The van der Waals surface area contributed by atoms with E-state index in [2.05, 4.69) is 5.10 Å². The summed E-state index contributed by atoms with van der Waals surface area (Å²) in [4.78, 5) is 15.2. The lowest BCUT2D eigenvalue weighted by atomic mass is 10.3. The highest BCUT2D eigenvalue weighted by atomic mass is 32.2. The van der Waals surface area contributed by atoms with E-state index in [1.807, 2.05) is 0 Å². The summed E-state index contributed by atoms with van der Waals surface area (Å²) >= 11 is -2.21. The van der Waals surface area contributed by atoms with Gasteiger partial charge in [0.25, 0.3) is 0 Å². The van der Waals surface area contributed by atoms with E-state index >= 15 is 0 Å². The molecule has 1 saturated heterocycles. The molecule has 0 radical (unpaired) electrons. The number of carbonyl (C=O) groups is 1. The molecule has 7 nitrogen and oxygen atoms in total. The van der Waals surface area contributed by atoms with Crippen LogP contribution in [-0.4, -0.2) is 66.4 Å². The van der Waals surface area contributed by atoms with Crippen molar-refractivity contribution in [2.45, 2.75) is 12.6 Å². The number of nitrogens with zero attached hydrogens (tertiary/aromatic N) is 4. The number of rotatable bonds is 2. The molecule has 2 rings (SSSR count). The highest BCUT2D eigenvalue weighted by Crippen LogP contribution is 2.28. The Morgan fingerprint density at radius 1 is 1.32 bits per heavy atom. The second-order valence-electron chi connectivity index (χ2n) is 4.85. The van der Waals surface area contributed by atoms with Crippen LogP contribution in [0, 0.1) is 0 Å². The first-order valence-electron chi connectivity index (χ1n) is 6.47. The zero-order chi connectivity index (χ0) is 16.3. The second kappa shape index (κ2) is 6.75. The Hall–Kier alpha value is -1.46. The van der Waals surface area contributed by atoms with E-state index in [-0.39, 0.29) is 12.4 Å². The van der Waals surface area contributed by atoms with Gasteiger partial charge in [-0.25, -0.2) is 4.79 Å². The maximum atomic E-state index is 12.5. The molecule has 124 valence electrons. The molecule has 11 heteroatoms. The fourth-order valence-corrected chi connectivity index (χ4v) is 2.72. The molecule has 1 aliphatic heterocycles. The predicted molar refractivity (Wildman–Crippen MR) is 69.6 cm³/mol. The van der Waals surface area contributed by atoms with Gasteiger partial charge in [0.1, 0.15) is 0 Å². The summed E-state index contributed by atoms with van der Waals surface area (Å²) in [6.45, 7) is 1.41. The lowest BCUT2D eigenvalue weighted by Crippen LogP contribution is -2.38. The minimum absolute atomic E-state index is 0.123. The van der Waals surface area contributed by atoms with E-state index in [9.17, 15) is 26.7 Å². The number of aromatic nitrogens is 2. The first-order chi connectivity index (χ1) is 10.3. The summed E-state index contributed by atoms with van der Waals surface area (Å²) in [6, 6.07) is -0.652.